The second-order valence-electron chi connectivity index (χ2n) is 7.15. The van der Waals surface area contributed by atoms with Crippen molar-refractivity contribution in [2.75, 3.05) is 11.5 Å². The molecule has 0 unspecified atom stereocenters. The van der Waals surface area contributed by atoms with Crippen molar-refractivity contribution >= 4 is 72.0 Å². The summed E-state index contributed by atoms with van der Waals surface area (Å²) >= 11 is 12.4. The number of fused-ring (bicyclic) bond motifs is 6. The third kappa shape index (κ3) is 6.91. The smallest absolute Gasteiger partial charge is 1.00 e. The summed E-state index contributed by atoms with van der Waals surface area (Å²) in [5, 5.41) is 0. The van der Waals surface area contributed by atoms with Crippen LogP contribution in [0.4, 0.5) is 0 Å². The van der Waals surface area contributed by atoms with Gasteiger partial charge in [-0.25, -0.2) is 0 Å². The maximum absolute atomic E-state index is 3.47. The van der Waals surface area contributed by atoms with E-state index in [0.29, 0.717) is 0 Å². The predicted octanol–water partition coefficient (Wildman–Crippen LogP) is 2.05. The molecule has 0 saturated heterocycles. The molecule has 0 saturated carbocycles. The standard InChI is InChI=1S/2C11H6BrS.C2H6Si.2ClH.Zr/c2*12-8-1-2-9-7(5-8)6-11-10(9)3-4-13-11;1-3-2;;;/h2*1-3,5H,4H2;1-2H3;2*1H;/q2*-1;;;;+2/p-2. The van der Waals surface area contributed by atoms with E-state index in [0.717, 1.165) is 20.5 Å². The molecule has 4 aliphatic rings. The Kier molecular flexibility index (Phi) is 11.9. The van der Waals surface area contributed by atoms with Gasteiger partial charge in [-0.05, 0) is 8.95 Å². The van der Waals surface area contributed by atoms with Crippen molar-refractivity contribution in [3.63, 3.8) is 0 Å². The number of rotatable bonds is 0. The van der Waals surface area contributed by atoms with Crippen molar-refractivity contribution in [3.8, 4) is 0 Å². The summed E-state index contributed by atoms with van der Waals surface area (Å²) in [5.74, 6) is 2.21. The molecular weight excluding hydrogens is 702 g/mol. The zero-order valence-corrected chi connectivity index (χ0v) is 27.1. The molecule has 164 valence electrons. The first-order valence-corrected chi connectivity index (χ1v) is 19.2. The van der Waals surface area contributed by atoms with Gasteiger partial charge in [0.15, 0.2) is 0 Å². The monoisotopic (exact) mass is 716 g/mol. The van der Waals surface area contributed by atoms with Crippen LogP contribution in [0.15, 0.2) is 67.3 Å². The number of hydrogen-bond acceptors (Lipinski definition) is 2. The Morgan fingerprint density at radius 3 is 1.53 bits per heavy atom. The molecule has 0 radical (unpaired) electrons. The van der Waals surface area contributed by atoms with Crippen molar-refractivity contribution in [1.82, 2.24) is 0 Å². The van der Waals surface area contributed by atoms with Crippen LogP contribution in [0.3, 0.4) is 0 Å². The first-order chi connectivity index (χ1) is 14.4. The normalized spacial score (nSPS) is 15.4. The van der Waals surface area contributed by atoms with Gasteiger partial charge in [-0.2, -0.15) is 0 Å². The molecule has 6 rings (SSSR count). The summed E-state index contributed by atoms with van der Waals surface area (Å²) in [4.78, 5) is 2.63. The van der Waals surface area contributed by atoms with E-state index in [9.17, 15) is 0 Å². The Morgan fingerprint density at radius 1 is 0.781 bits per heavy atom. The topological polar surface area (TPSA) is 0 Å². The molecule has 0 spiro atoms. The van der Waals surface area contributed by atoms with E-state index in [1.54, 1.807) is 23.3 Å². The number of halogens is 4. The molecule has 2 aromatic rings. The van der Waals surface area contributed by atoms with E-state index in [1.165, 1.54) is 43.2 Å². The van der Waals surface area contributed by atoms with Gasteiger partial charge in [0.2, 0.25) is 0 Å². The second-order valence-corrected chi connectivity index (χ2v) is 20.4. The average Bonchev–Trinajstić information content (AvgIpc) is 3.41. The third-order valence-electron chi connectivity index (χ3n) is 4.56. The van der Waals surface area contributed by atoms with Crippen molar-refractivity contribution in [1.29, 1.82) is 0 Å². The first-order valence-electron chi connectivity index (χ1n) is 9.48. The fraction of sp³-hybridized carbons (Fsp3) is 0.167. The number of hydrogen-bond donors (Lipinski definition) is 0. The van der Waals surface area contributed by atoms with Crippen molar-refractivity contribution < 1.29 is 48.1 Å². The van der Waals surface area contributed by atoms with E-state index in [1.807, 2.05) is 23.5 Å². The van der Waals surface area contributed by atoms with E-state index in [-0.39, 0.29) is 30.2 Å². The molecule has 2 aliphatic heterocycles. The van der Waals surface area contributed by atoms with Gasteiger partial charge in [-0.3, -0.25) is 0 Å². The van der Waals surface area contributed by atoms with Gasteiger partial charge >= 0.3 is 41.9 Å². The maximum Gasteiger partial charge on any atom is -1.00 e. The van der Waals surface area contributed by atoms with Gasteiger partial charge in [0, 0.05) is 11.5 Å². The van der Waals surface area contributed by atoms with Crippen LogP contribution in [0.5, 0.6) is 0 Å². The Bertz CT molecular complexity index is 1080. The van der Waals surface area contributed by atoms with Crippen LogP contribution in [0.1, 0.15) is 22.3 Å². The molecule has 2 aromatic carbocycles. The molecule has 32 heavy (non-hydrogen) atoms. The predicted molar refractivity (Wildman–Crippen MR) is 138 cm³/mol. The molecule has 2 heterocycles. The Hall–Kier alpha value is 0.740. The largest absolute Gasteiger partial charge is 1.00 e. The first kappa shape index (κ1) is 29.0. The van der Waals surface area contributed by atoms with Crippen molar-refractivity contribution in [2.24, 2.45) is 0 Å². The minimum atomic E-state index is 0. The Balaban J connectivity index is 0.000000185. The van der Waals surface area contributed by atoms with Crippen LogP contribution in [0.25, 0.3) is 11.1 Å². The molecule has 0 aromatic heterocycles. The average molecular weight is 721 g/mol. The molecule has 0 bridgehead atoms. The van der Waals surface area contributed by atoms with E-state index in [4.69, 9.17) is 0 Å². The molecule has 0 amide bonds. The van der Waals surface area contributed by atoms with Gasteiger partial charge in [0.25, 0.3) is 0 Å². The zero-order chi connectivity index (χ0) is 21.3. The number of thioether (sulfide) groups is 2. The van der Waals surface area contributed by atoms with E-state index >= 15 is 0 Å². The number of benzene rings is 2. The summed E-state index contributed by atoms with van der Waals surface area (Å²) in [6.07, 6.45) is 11.4. The van der Waals surface area contributed by atoms with Crippen molar-refractivity contribution in [3.05, 3.63) is 102 Å². The molecule has 0 nitrogen and oxygen atoms in total. The fourth-order valence-electron chi connectivity index (χ4n) is 3.38. The van der Waals surface area contributed by atoms with Crippen LogP contribution >= 0.6 is 55.4 Å². The summed E-state index contributed by atoms with van der Waals surface area (Å²) < 4.78 is 2.26. The second kappa shape index (κ2) is 13.2. The zero-order valence-electron chi connectivity index (χ0n) is 17.4. The molecular formula is C24H18Br2Cl2S2SiZr-2. The fourth-order valence-corrected chi connectivity index (χ4v) is 6.00. The maximum atomic E-state index is 3.47. The van der Waals surface area contributed by atoms with Crippen LogP contribution in [-0.4, -0.2) is 16.9 Å². The van der Waals surface area contributed by atoms with Gasteiger partial charge in [-0.15, -0.1) is 105 Å². The molecule has 8 heteroatoms. The van der Waals surface area contributed by atoms with E-state index < -0.39 is 0 Å². The van der Waals surface area contributed by atoms with Crippen LogP contribution in [0.2, 0.25) is 13.1 Å². The van der Waals surface area contributed by atoms with E-state index in [2.05, 4.69) is 106 Å². The van der Waals surface area contributed by atoms with Gasteiger partial charge in [0.1, 0.15) is 0 Å². The molecule has 0 atom stereocenters. The van der Waals surface area contributed by atoms with Crippen LogP contribution < -0.4 is 24.8 Å². The summed E-state index contributed by atoms with van der Waals surface area (Å²) in [6, 6.07) is 12.8. The Labute approximate surface area is 243 Å². The number of allylic oxidation sites excluding steroid dienone is 2. The van der Waals surface area contributed by atoms with Gasteiger partial charge in [-0.1, -0.05) is 53.8 Å². The van der Waals surface area contributed by atoms with Gasteiger partial charge < -0.3 is 24.8 Å². The minimum absolute atomic E-state index is 0. The molecule has 0 fully saturated rings. The third-order valence-corrected chi connectivity index (χ3v) is 7.43. The van der Waals surface area contributed by atoms with Crippen molar-refractivity contribution in [2.45, 2.75) is 13.1 Å². The quantitative estimate of drug-likeness (QED) is 0.302. The molecule has 0 N–H and O–H groups in total. The van der Waals surface area contributed by atoms with Crippen LogP contribution in [-0.2, 0) is 23.3 Å². The summed E-state index contributed by atoms with van der Waals surface area (Å²) in [5.41, 5.74) is 8.10. The minimum Gasteiger partial charge on any atom is -1.00 e. The molecule has 2 aliphatic carbocycles. The summed E-state index contributed by atoms with van der Waals surface area (Å²) in [7, 11) is 0. The SMILES string of the molecule is Brc1ccc2c(c1)[C-]=C1SCC=C12.Brc1ccc2c(c1)[C-]=C1SCC=C12.C[Si](C)=[Zr+2].[Cl-].[Cl-]. The summed E-state index contributed by atoms with van der Waals surface area (Å²) in [6.45, 7) is 4.62. The Morgan fingerprint density at radius 2 is 1.16 bits per heavy atom. The van der Waals surface area contributed by atoms with Crippen LogP contribution in [0, 0.1) is 12.2 Å². The van der Waals surface area contributed by atoms with Gasteiger partial charge in [0.05, 0.1) is 0 Å².